The fourth-order valence-electron chi connectivity index (χ4n) is 2.50. The highest BCUT2D eigenvalue weighted by Gasteiger charge is 2.27. The number of nitrogens with zero attached hydrogens (tertiary/aromatic N) is 2. The standard InChI is InChI=1S/C14H19N3O2/c1-9-12(11(18)5-7-16(3)4)10(2)17-8-6-15-14(19)13(9)17/h5,7H,6,8H2,1-4H3,(H,15,19)/b7-5+. The SMILES string of the molecule is Cc1c(C(=O)/C=C/N(C)C)c(C)n2c1C(=O)NCC2. The lowest BCUT2D eigenvalue weighted by atomic mass is 10.1. The highest BCUT2D eigenvalue weighted by molar-refractivity contribution is 6.09. The van der Waals surface area contributed by atoms with E-state index in [0.717, 1.165) is 17.8 Å². The third kappa shape index (κ3) is 2.28. The van der Waals surface area contributed by atoms with Crippen molar-refractivity contribution in [2.75, 3.05) is 20.6 Å². The summed E-state index contributed by atoms with van der Waals surface area (Å²) in [6, 6.07) is 0. The molecule has 1 aromatic heterocycles. The van der Waals surface area contributed by atoms with Gasteiger partial charge in [-0.3, -0.25) is 9.59 Å². The molecule has 19 heavy (non-hydrogen) atoms. The number of ketones is 1. The van der Waals surface area contributed by atoms with E-state index in [1.807, 2.05) is 37.4 Å². The van der Waals surface area contributed by atoms with E-state index in [0.29, 0.717) is 17.8 Å². The Morgan fingerprint density at radius 3 is 2.63 bits per heavy atom. The Kier molecular flexibility index (Phi) is 3.46. The van der Waals surface area contributed by atoms with E-state index in [-0.39, 0.29) is 11.7 Å². The van der Waals surface area contributed by atoms with Crippen LogP contribution in [0.1, 0.15) is 32.1 Å². The number of amides is 1. The van der Waals surface area contributed by atoms with Gasteiger partial charge in [-0.15, -0.1) is 0 Å². The number of fused-ring (bicyclic) bond motifs is 1. The summed E-state index contributed by atoms with van der Waals surface area (Å²) in [6.07, 6.45) is 3.26. The fourth-order valence-corrected chi connectivity index (χ4v) is 2.50. The summed E-state index contributed by atoms with van der Waals surface area (Å²) in [4.78, 5) is 26.0. The number of allylic oxidation sites excluding steroid dienone is 1. The molecule has 1 aliphatic rings. The first kappa shape index (κ1) is 13.4. The fraction of sp³-hybridized carbons (Fsp3) is 0.429. The summed E-state index contributed by atoms with van der Waals surface area (Å²) in [7, 11) is 3.73. The molecule has 1 N–H and O–H groups in total. The van der Waals surface area contributed by atoms with Crippen LogP contribution in [0.2, 0.25) is 0 Å². The lowest BCUT2D eigenvalue weighted by Crippen LogP contribution is -2.35. The van der Waals surface area contributed by atoms with Crippen molar-refractivity contribution in [3.63, 3.8) is 0 Å². The van der Waals surface area contributed by atoms with Crippen molar-refractivity contribution in [2.45, 2.75) is 20.4 Å². The summed E-state index contributed by atoms with van der Waals surface area (Å²) < 4.78 is 1.94. The number of nitrogens with one attached hydrogen (secondary N) is 1. The van der Waals surface area contributed by atoms with Crippen molar-refractivity contribution in [1.29, 1.82) is 0 Å². The van der Waals surface area contributed by atoms with Gasteiger partial charge in [0, 0.05) is 50.7 Å². The predicted octanol–water partition coefficient (Wildman–Crippen LogP) is 1.11. The quantitative estimate of drug-likeness (QED) is 0.655. The first-order valence-corrected chi connectivity index (χ1v) is 6.30. The van der Waals surface area contributed by atoms with Crippen LogP contribution in [0.25, 0.3) is 0 Å². The molecule has 2 rings (SSSR count). The molecule has 0 unspecified atom stereocenters. The third-order valence-corrected chi connectivity index (χ3v) is 3.37. The highest BCUT2D eigenvalue weighted by Crippen LogP contribution is 2.24. The van der Waals surface area contributed by atoms with E-state index in [1.54, 1.807) is 12.3 Å². The topological polar surface area (TPSA) is 54.3 Å². The van der Waals surface area contributed by atoms with Gasteiger partial charge < -0.3 is 14.8 Å². The van der Waals surface area contributed by atoms with Gasteiger partial charge in [0.15, 0.2) is 5.78 Å². The van der Waals surface area contributed by atoms with Crippen molar-refractivity contribution >= 4 is 11.7 Å². The largest absolute Gasteiger partial charge is 0.383 e. The molecular weight excluding hydrogens is 242 g/mol. The second-order valence-corrected chi connectivity index (χ2v) is 4.99. The number of hydrogen-bond donors (Lipinski definition) is 1. The van der Waals surface area contributed by atoms with E-state index in [4.69, 9.17) is 0 Å². The second-order valence-electron chi connectivity index (χ2n) is 4.99. The lowest BCUT2D eigenvalue weighted by molar-refractivity contribution is 0.0926. The molecule has 0 aliphatic carbocycles. The number of hydrogen-bond acceptors (Lipinski definition) is 3. The van der Waals surface area contributed by atoms with Crippen LogP contribution in [0, 0.1) is 13.8 Å². The number of carbonyl (C=O) groups excluding carboxylic acids is 2. The van der Waals surface area contributed by atoms with Gasteiger partial charge in [0.1, 0.15) is 5.69 Å². The van der Waals surface area contributed by atoms with Crippen molar-refractivity contribution in [2.24, 2.45) is 0 Å². The van der Waals surface area contributed by atoms with E-state index in [2.05, 4.69) is 5.32 Å². The Morgan fingerprint density at radius 1 is 1.37 bits per heavy atom. The summed E-state index contributed by atoms with van der Waals surface area (Å²) in [5, 5.41) is 2.81. The maximum absolute atomic E-state index is 12.3. The van der Waals surface area contributed by atoms with Crippen molar-refractivity contribution in [3.05, 3.63) is 34.8 Å². The van der Waals surface area contributed by atoms with Crippen molar-refractivity contribution < 1.29 is 9.59 Å². The first-order valence-electron chi connectivity index (χ1n) is 6.30. The van der Waals surface area contributed by atoms with Crippen LogP contribution in [0.15, 0.2) is 12.3 Å². The molecule has 0 aromatic carbocycles. The first-order chi connectivity index (χ1) is 8.93. The highest BCUT2D eigenvalue weighted by atomic mass is 16.2. The van der Waals surface area contributed by atoms with Gasteiger partial charge in [0.05, 0.1) is 0 Å². The number of rotatable bonds is 3. The average molecular weight is 261 g/mol. The molecule has 0 bridgehead atoms. The van der Waals surface area contributed by atoms with Crippen LogP contribution in [-0.2, 0) is 6.54 Å². The molecule has 0 saturated heterocycles. The van der Waals surface area contributed by atoms with Gasteiger partial charge in [-0.1, -0.05) is 0 Å². The Bertz CT molecular complexity index is 568. The smallest absolute Gasteiger partial charge is 0.268 e. The Balaban J connectivity index is 2.48. The monoisotopic (exact) mass is 261 g/mol. The zero-order chi connectivity index (χ0) is 14.2. The molecule has 2 heterocycles. The zero-order valence-corrected chi connectivity index (χ0v) is 11.8. The zero-order valence-electron chi connectivity index (χ0n) is 11.8. The minimum Gasteiger partial charge on any atom is -0.383 e. The van der Waals surface area contributed by atoms with Crippen LogP contribution < -0.4 is 5.32 Å². The Hall–Kier alpha value is -2.04. The van der Waals surface area contributed by atoms with Crippen molar-refractivity contribution in [3.8, 4) is 0 Å². The van der Waals surface area contributed by atoms with Gasteiger partial charge in [0.25, 0.3) is 5.91 Å². The van der Waals surface area contributed by atoms with E-state index < -0.39 is 0 Å². The van der Waals surface area contributed by atoms with Gasteiger partial charge in [0.2, 0.25) is 0 Å². The van der Waals surface area contributed by atoms with E-state index >= 15 is 0 Å². The van der Waals surface area contributed by atoms with Gasteiger partial charge in [-0.25, -0.2) is 0 Å². The van der Waals surface area contributed by atoms with Crippen LogP contribution in [-0.4, -0.2) is 41.8 Å². The van der Waals surface area contributed by atoms with Gasteiger partial charge in [-0.05, 0) is 19.4 Å². The molecule has 5 heteroatoms. The van der Waals surface area contributed by atoms with Crippen molar-refractivity contribution in [1.82, 2.24) is 14.8 Å². The van der Waals surface area contributed by atoms with Crippen LogP contribution >= 0.6 is 0 Å². The second kappa shape index (κ2) is 4.91. The molecule has 0 atom stereocenters. The Morgan fingerprint density at radius 2 is 2.05 bits per heavy atom. The molecule has 0 fully saturated rings. The maximum atomic E-state index is 12.3. The summed E-state index contributed by atoms with van der Waals surface area (Å²) in [6.45, 7) is 5.06. The molecule has 1 aliphatic heterocycles. The van der Waals surface area contributed by atoms with E-state index in [9.17, 15) is 9.59 Å². The average Bonchev–Trinajstić information content (AvgIpc) is 2.60. The summed E-state index contributed by atoms with van der Waals surface area (Å²) >= 11 is 0. The third-order valence-electron chi connectivity index (χ3n) is 3.37. The van der Waals surface area contributed by atoms with Gasteiger partial charge in [-0.2, -0.15) is 0 Å². The summed E-state index contributed by atoms with van der Waals surface area (Å²) in [5.74, 6) is -0.152. The molecule has 1 amide bonds. The molecule has 0 spiro atoms. The predicted molar refractivity (Wildman–Crippen MR) is 73.4 cm³/mol. The minimum absolute atomic E-state index is 0.0570. The van der Waals surface area contributed by atoms with E-state index in [1.165, 1.54) is 0 Å². The number of carbonyl (C=O) groups is 2. The normalized spacial score (nSPS) is 14.4. The number of aromatic nitrogens is 1. The maximum Gasteiger partial charge on any atom is 0.268 e. The van der Waals surface area contributed by atoms with Gasteiger partial charge >= 0.3 is 0 Å². The Labute approximate surface area is 112 Å². The van der Waals surface area contributed by atoms with Crippen LogP contribution in [0.5, 0.6) is 0 Å². The minimum atomic E-state index is -0.0949. The molecule has 5 nitrogen and oxygen atoms in total. The van der Waals surface area contributed by atoms with Crippen LogP contribution in [0.3, 0.4) is 0 Å². The summed E-state index contributed by atoms with van der Waals surface area (Å²) in [5.41, 5.74) is 2.90. The molecule has 0 radical (unpaired) electrons. The lowest BCUT2D eigenvalue weighted by Gasteiger charge is -2.17. The molecule has 0 saturated carbocycles. The molecule has 1 aromatic rings. The molecule has 102 valence electrons. The molecular formula is C14H19N3O2. The van der Waals surface area contributed by atoms with Crippen LogP contribution in [0.4, 0.5) is 0 Å².